The van der Waals surface area contributed by atoms with Gasteiger partial charge in [-0.2, -0.15) is 13.2 Å². The fourth-order valence-corrected chi connectivity index (χ4v) is 5.63. The lowest BCUT2D eigenvalue weighted by Gasteiger charge is -2.23. The lowest BCUT2D eigenvalue weighted by Crippen LogP contribution is -2.14. The Labute approximate surface area is 128 Å². The maximum Gasteiger partial charge on any atom is 0.416 e. The summed E-state index contributed by atoms with van der Waals surface area (Å²) in [5, 5.41) is 1.41. The van der Waals surface area contributed by atoms with E-state index in [0.29, 0.717) is 0 Å². The Hall–Kier alpha value is -1.02. The van der Waals surface area contributed by atoms with Crippen LogP contribution in [0.5, 0.6) is 0 Å². The molecule has 0 radical (unpaired) electrons. The van der Waals surface area contributed by atoms with Crippen molar-refractivity contribution in [2.45, 2.75) is 20.0 Å². The van der Waals surface area contributed by atoms with Gasteiger partial charge in [0.15, 0.2) is 0 Å². The predicted octanol–water partition coefficient (Wildman–Crippen LogP) is 3.99. The van der Waals surface area contributed by atoms with Gasteiger partial charge in [0.05, 0.1) is 5.56 Å². The SMILES string of the molecule is CC(C)C[SH](C(=O)Nc1ccc(C(F)(F)F)cc1)P(=O)(O)O. The van der Waals surface area contributed by atoms with E-state index in [0.717, 1.165) is 24.3 Å². The van der Waals surface area contributed by atoms with Crippen molar-refractivity contribution in [3.63, 3.8) is 0 Å². The van der Waals surface area contributed by atoms with Crippen molar-refractivity contribution in [3.8, 4) is 0 Å². The van der Waals surface area contributed by atoms with E-state index in [1.807, 2.05) is 0 Å². The van der Waals surface area contributed by atoms with Gasteiger partial charge in [0, 0.05) is 5.69 Å². The van der Waals surface area contributed by atoms with Crippen LogP contribution in [0, 0.1) is 5.92 Å². The summed E-state index contributed by atoms with van der Waals surface area (Å²) in [6.45, 7) is -1.15. The van der Waals surface area contributed by atoms with Crippen molar-refractivity contribution >= 4 is 28.2 Å². The largest absolute Gasteiger partial charge is 0.416 e. The molecule has 0 aliphatic heterocycles. The molecule has 0 spiro atoms. The van der Waals surface area contributed by atoms with Crippen molar-refractivity contribution in [1.29, 1.82) is 0 Å². The van der Waals surface area contributed by atoms with Crippen LogP contribution in [0.1, 0.15) is 19.4 Å². The zero-order chi connectivity index (χ0) is 17.1. The Kier molecular flexibility index (Phi) is 6.09. The lowest BCUT2D eigenvalue weighted by molar-refractivity contribution is -0.137. The highest BCUT2D eigenvalue weighted by Crippen LogP contribution is 2.64. The molecule has 5 nitrogen and oxygen atoms in total. The molecule has 1 amide bonds. The van der Waals surface area contributed by atoms with Gasteiger partial charge in [0.2, 0.25) is 0 Å². The molecule has 0 heterocycles. The minimum atomic E-state index is -4.59. The van der Waals surface area contributed by atoms with Gasteiger partial charge in [0.25, 0.3) is 5.24 Å². The summed E-state index contributed by atoms with van der Waals surface area (Å²) in [5.74, 6) is -0.0661. The highest BCUT2D eigenvalue weighted by molar-refractivity contribution is 8.72. The summed E-state index contributed by atoms with van der Waals surface area (Å²) in [5.41, 5.74) is -0.812. The average molecular weight is 359 g/mol. The molecule has 1 aromatic carbocycles. The first kappa shape index (κ1) is 19.0. The standard InChI is InChI=1S/C12H17F3NO4PS/c1-8(2)7-22(21(18,19)20)11(17)16-10-5-3-9(4-6-10)12(13,14)15/h3-6,8,22H,7H2,1-2H3,(H,16,17)(H2,18,19,20). The number of rotatable bonds is 4. The first-order valence-electron chi connectivity index (χ1n) is 6.23. The van der Waals surface area contributed by atoms with Gasteiger partial charge >= 0.3 is 13.0 Å². The molecule has 0 bridgehead atoms. The third-order valence-electron chi connectivity index (χ3n) is 2.55. The number of nitrogens with one attached hydrogen (secondary N) is 1. The molecular weight excluding hydrogens is 342 g/mol. The minimum absolute atomic E-state index is 0.0338. The monoisotopic (exact) mass is 359 g/mol. The number of alkyl halides is 3. The van der Waals surface area contributed by atoms with E-state index in [1.54, 1.807) is 13.8 Å². The molecule has 0 aromatic heterocycles. The quantitative estimate of drug-likeness (QED) is 0.484. The summed E-state index contributed by atoms with van der Waals surface area (Å²) < 4.78 is 48.7. The van der Waals surface area contributed by atoms with Crippen LogP contribution >= 0.6 is 17.3 Å². The fourth-order valence-electron chi connectivity index (χ4n) is 1.58. The van der Waals surface area contributed by atoms with Crippen LogP contribution in [-0.4, -0.2) is 20.8 Å². The van der Waals surface area contributed by atoms with E-state index in [-0.39, 0.29) is 17.4 Å². The van der Waals surface area contributed by atoms with Gasteiger partial charge in [-0.15, -0.1) is 0 Å². The van der Waals surface area contributed by atoms with Crippen LogP contribution in [0.2, 0.25) is 0 Å². The third-order valence-corrected chi connectivity index (χ3v) is 7.76. The molecule has 1 rings (SSSR count). The number of halogens is 3. The maximum absolute atomic E-state index is 12.4. The molecule has 1 atom stereocenters. The third kappa shape index (κ3) is 5.64. The summed E-state index contributed by atoms with van der Waals surface area (Å²) in [7, 11) is -2.26. The Balaban J connectivity index is 2.88. The molecule has 1 aromatic rings. The molecule has 0 aliphatic rings. The second kappa shape index (κ2) is 7.04. The summed E-state index contributed by atoms with van der Waals surface area (Å²) >= 11 is 0. The van der Waals surface area contributed by atoms with E-state index in [1.165, 1.54) is 0 Å². The summed E-state index contributed by atoms with van der Waals surface area (Å²) in [4.78, 5) is 30.5. The van der Waals surface area contributed by atoms with Crippen molar-refractivity contribution in [1.82, 2.24) is 0 Å². The van der Waals surface area contributed by atoms with Crippen LogP contribution in [-0.2, 0) is 10.7 Å². The molecule has 0 saturated carbocycles. The van der Waals surface area contributed by atoms with Crippen molar-refractivity contribution in [3.05, 3.63) is 29.8 Å². The Morgan fingerprint density at radius 1 is 1.27 bits per heavy atom. The highest BCUT2D eigenvalue weighted by atomic mass is 32.8. The van der Waals surface area contributed by atoms with Crippen LogP contribution in [0.3, 0.4) is 0 Å². The molecule has 10 heteroatoms. The smallest absolute Gasteiger partial charge is 0.318 e. The number of hydrogen-bond acceptors (Lipinski definition) is 2. The van der Waals surface area contributed by atoms with E-state index < -0.39 is 34.3 Å². The number of hydrogen-bond donors (Lipinski definition) is 4. The number of amides is 1. The molecular formula is C12H17F3NO4PS. The molecule has 22 heavy (non-hydrogen) atoms. The Morgan fingerprint density at radius 2 is 1.77 bits per heavy atom. The molecule has 126 valence electrons. The normalized spacial score (nSPS) is 14.8. The summed E-state index contributed by atoms with van der Waals surface area (Å²) in [6.07, 6.45) is -4.49. The molecule has 0 aliphatic carbocycles. The van der Waals surface area contributed by atoms with Crippen LogP contribution in [0.15, 0.2) is 24.3 Å². The predicted molar refractivity (Wildman–Crippen MR) is 81.2 cm³/mol. The van der Waals surface area contributed by atoms with Crippen LogP contribution in [0.4, 0.5) is 23.7 Å². The van der Waals surface area contributed by atoms with Gasteiger partial charge in [-0.1, -0.05) is 24.4 Å². The number of thiol groups is 1. The van der Waals surface area contributed by atoms with Crippen LogP contribution in [0.25, 0.3) is 0 Å². The second-order valence-electron chi connectivity index (χ2n) is 4.99. The molecule has 0 fully saturated rings. The first-order valence-corrected chi connectivity index (χ1v) is 10.1. The zero-order valence-electron chi connectivity index (χ0n) is 11.8. The van der Waals surface area contributed by atoms with Gasteiger partial charge in [-0.3, -0.25) is 4.79 Å². The van der Waals surface area contributed by atoms with Gasteiger partial charge < -0.3 is 15.1 Å². The van der Waals surface area contributed by atoms with Crippen molar-refractivity contribution < 1.29 is 32.3 Å². The van der Waals surface area contributed by atoms with Crippen molar-refractivity contribution in [2.75, 3.05) is 11.1 Å². The maximum atomic E-state index is 12.4. The van der Waals surface area contributed by atoms with Gasteiger partial charge in [-0.05, 0) is 35.9 Å². The molecule has 0 saturated heterocycles. The van der Waals surface area contributed by atoms with E-state index in [4.69, 9.17) is 0 Å². The Bertz CT molecular complexity index is 571. The van der Waals surface area contributed by atoms with Gasteiger partial charge in [-0.25, -0.2) is 4.57 Å². The minimum Gasteiger partial charge on any atom is -0.318 e. The fraction of sp³-hybridized carbons (Fsp3) is 0.417. The van der Waals surface area contributed by atoms with E-state index in [9.17, 15) is 32.3 Å². The van der Waals surface area contributed by atoms with Crippen molar-refractivity contribution in [2.24, 2.45) is 5.92 Å². The molecule has 1 unspecified atom stereocenters. The zero-order valence-corrected chi connectivity index (χ0v) is 13.6. The van der Waals surface area contributed by atoms with Gasteiger partial charge in [0.1, 0.15) is 0 Å². The highest BCUT2D eigenvalue weighted by Gasteiger charge is 2.32. The second-order valence-corrected chi connectivity index (χ2v) is 10.6. The molecule has 3 N–H and O–H groups in total. The average Bonchev–Trinajstić information content (AvgIpc) is 2.33. The number of anilines is 1. The lowest BCUT2D eigenvalue weighted by atomic mass is 10.2. The summed E-state index contributed by atoms with van der Waals surface area (Å²) in [6, 6.07) is 3.67. The van der Waals surface area contributed by atoms with E-state index in [2.05, 4.69) is 5.32 Å². The number of benzene rings is 1. The topological polar surface area (TPSA) is 86.6 Å². The number of carbonyl (C=O) groups is 1. The first-order chi connectivity index (χ1) is 9.91. The van der Waals surface area contributed by atoms with Crippen LogP contribution < -0.4 is 5.32 Å². The Morgan fingerprint density at radius 3 is 2.14 bits per heavy atom. The number of carbonyl (C=O) groups excluding carboxylic acids is 1. The van der Waals surface area contributed by atoms with E-state index >= 15 is 0 Å².